The SMILES string of the molecule is O=C(N[C@H]1c2ccccc2C[C@H]1O)[C@H](Cc1ccccc1)C[C@H](O)CN1C(=O)[C@H](Cc2ccccc2)C[C@@H]1Cc1ccccc1. The maximum absolute atomic E-state index is 13.8. The molecule has 3 N–H and O–H groups in total. The van der Waals surface area contributed by atoms with E-state index in [0.29, 0.717) is 19.3 Å². The molecule has 6 rings (SSSR count). The molecule has 1 heterocycles. The van der Waals surface area contributed by atoms with Gasteiger partial charge in [-0.2, -0.15) is 0 Å². The summed E-state index contributed by atoms with van der Waals surface area (Å²) >= 11 is 0. The number of hydrogen-bond donors (Lipinski definition) is 3. The fourth-order valence-corrected chi connectivity index (χ4v) is 7.19. The van der Waals surface area contributed by atoms with Crippen molar-refractivity contribution in [3.63, 3.8) is 0 Å². The summed E-state index contributed by atoms with van der Waals surface area (Å²) in [5.74, 6) is -0.823. The van der Waals surface area contributed by atoms with E-state index in [2.05, 4.69) is 29.6 Å². The number of β-amino-alcohol motifs (C(OH)–C–C–N with tert-alkyl or cyclic N) is 1. The van der Waals surface area contributed by atoms with Gasteiger partial charge in [-0.3, -0.25) is 9.59 Å². The van der Waals surface area contributed by atoms with Gasteiger partial charge in [0.15, 0.2) is 0 Å². The highest BCUT2D eigenvalue weighted by atomic mass is 16.3. The van der Waals surface area contributed by atoms with Gasteiger partial charge in [-0.15, -0.1) is 0 Å². The van der Waals surface area contributed by atoms with E-state index in [4.69, 9.17) is 0 Å². The summed E-state index contributed by atoms with van der Waals surface area (Å²) in [7, 11) is 0. The van der Waals surface area contributed by atoms with Gasteiger partial charge in [-0.25, -0.2) is 0 Å². The van der Waals surface area contributed by atoms with Crippen molar-refractivity contribution in [3.05, 3.63) is 143 Å². The molecule has 4 aromatic carbocycles. The molecule has 4 aromatic rings. The summed E-state index contributed by atoms with van der Waals surface area (Å²) in [6, 6.07) is 37.4. The number of rotatable bonds is 12. The number of likely N-dealkylation sites (tertiary alicyclic amines) is 1. The highest BCUT2D eigenvalue weighted by Crippen LogP contribution is 2.33. The predicted octanol–water partition coefficient (Wildman–Crippen LogP) is 5.07. The number of aliphatic hydroxyl groups excluding tert-OH is 2. The van der Waals surface area contributed by atoms with Crippen LogP contribution >= 0.6 is 0 Å². The molecule has 0 radical (unpaired) electrons. The number of nitrogens with zero attached hydrogens (tertiary/aromatic N) is 1. The second-order valence-corrected chi connectivity index (χ2v) is 12.7. The second kappa shape index (κ2) is 14.2. The van der Waals surface area contributed by atoms with Crippen molar-refractivity contribution < 1.29 is 19.8 Å². The Balaban J connectivity index is 1.18. The third-order valence-electron chi connectivity index (χ3n) is 9.43. The van der Waals surface area contributed by atoms with Crippen molar-refractivity contribution in [1.29, 1.82) is 0 Å². The van der Waals surface area contributed by atoms with Gasteiger partial charge >= 0.3 is 0 Å². The molecule has 1 fully saturated rings. The summed E-state index contributed by atoms with van der Waals surface area (Å²) in [4.78, 5) is 29.6. The molecule has 6 nitrogen and oxygen atoms in total. The Hall–Kier alpha value is -4.26. The van der Waals surface area contributed by atoms with Gasteiger partial charge < -0.3 is 20.4 Å². The van der Waals surface area contributed by atoms with E-state index in [1.165, 1.54) is 0 Å². The van der Waals surface area contributed by atoms with Crippen LogP contribution in [0.5, 0.6) is 0 Å². The quantitative estimate of drug-likeness (QED) is 0.211. The highest BCUT2D eigenvalue weighted by molar-refractivity contribution is 5.82. The van der Waals surface area contributed by atoms with Crippen LogP contribution in [0.25, 0.3) is 0 Å². The van der Waals surface area contributed by atoms with Gasteiger partial charge in [-0.1, -0.05) is 115 Å². The van der Waals surface area contributed by atoms with E-state index in [1.807, 2.05) is 95.9 Å². The standard InChI is InChI=1S/C39H42N2O4/c42-34(26-41-33(22-29-16-8-3-9-17-29)23-32(39(41)45)21-28-14-6-2-7-15-28)24-31(20-27-12-4-1-5-13-27)38(44)40-37-35-19-11-10-18-30(35)25-36(37)43/h1-19,31-34,36-37,42-43H,20-26H2,(H,40,44)/t31-,32-,33+,34+,36-,37+/m1/s1. The highest BCUT2D eigenvalue weighted by Gasteiger charge is 2.41. The van der Waals surface area contributed by atoms with Gasteiger partial charge in [0.25, 0.3) is 0 Å². The van der Waals surface area contributed by atoms with Gasteiger partial charge in [0.2, 0.25) is 11.8 Å². The molecule has 6 heteroatoms. The van der Waals surface area contributed by atoms with Crippen molar-refractivity contribution in [2.24, 2.45) is 11.8 Å². The Labute approximate surface area is 265 Å². The van der Waals surface area contributed by atoms with Crippen LogP contribution in [0.3, 0.4) is 0 Å². The number of aliphatic hydroxyl groups is 2. The monoisotopic (exact) mass is 602 g/mol. The first-order valence-corrected chi connectivity index (χ1v) is 16.1. The van der Waals surface area contributed by atoms with Crippen molar-refractivity contribution in [2.45, 2.75) is 62.8 Å². The molecule has 1 aliphatic carbocycles. The van der Waals surface area contributed by atoms with Gasteiger partial charge in [0, 0.05) is 30.8 Å². The molecule has 1 saturated heterocycles. The molecule has 2 amide bonds. The first-order chi connectivity index (χ1) is 21.9. The normalized spacial score (nSPS) is 22.2. The first kappa shape index (κ1) is 30.8. The Morgan fingerprint density at radius 2 is 1.38 bits per heavy atom. The molecule has 0 spiro atoms. The van der Waals surface area contributed by atoms with Crippen LogP contribution < -0.4 is 5.32 Å². The topological polar surface area (TPSA) is 89.9 Å². The summed E-state index contributed by atoms with van der Waals surface area (Å²) in [5, 5.41) is 25.4. The molecule has 0 unspecified atom stereocenters. The number of benzene rings is 4. The summed E-state index contributed by atoms with van der Waals surface area (Å²) in [6.07, 6.45) is 1.68. The lowest BCUT2D eigenvalue weighted by atomic mass is 9.91. The van der Waals surface area contributed by atoms with Crippen molar-refractivity contribution >= 4 is 11.8 Å². The van der Waals surface area contributed by atoms with Gasteiger partial charge in [-0.05, 0) is 59.9 Å². The second-order valence-electron chi connectivity index (χ2n) is 12.7. The molecule has 232 valence electrons. The van der Waals surface area contributed by atoms with Crippen LogP contribution in [0, 0.1) is 11.8 Å². The molecular formula is C39H42N2O4. The Bertz CT molecular complexity index is 1560. The van der Waals surface area contributed by atoms with Gasteiger partial charge in [0.05, 0.1) is 18.2 Å². The molecule has 45 heavy (non-hydrogen) atoms. The zero-order chi connectivity index (χ0) is 31.2. The van der Waals surface area contributed by atoms with E-state index in [0.717, 1.165) is 40.7 Å². The molecule has 0 aromatic heterocycles. The number of hydrogen-bond acceptors (Lipinski definition) is 4. The van der Waals surface area contributed by atoms with Crippen molar-refractivity contribution in [2.75, 3.05) is 6.54 Å². The third-order valence-corrected chi connectivity index (χ3v) is 9.43. The zero-order valence-electron chi connectivity index (χ0n) is 25.5. The van der Waals surface area contributed by atoms with Gasteiger partial charge in [0.1, 0.15) is 0 Å². The minimum absolute atomic E-state index is 0.0326. The molecule has 6 atom stereocenters. The van der Waals surface area contributed by atoms with E-state index in [9.17, 15) is 19.8 Å². The average Bonchev–Trinajstić information content (AvgIpc) is 3.52. The summed E-state index contributed by atoms with van der Waals surface area (Å²) < 4.78 is 0. The number of nitrogens with one attached hydrogen (secondary N) is 1. The lowest BCUT2D eigenvalue weighted by molar-refractivity contribution is -0.133. The maximum atomic E-state index is 13.8. The van der Waals surface area contributed by atoms with Crippen molar-refractivity contribution in [1.82, 2.24) is 10.2 Å². The van der Waals surface area contributed by atoms with E-state index in [1.54, 1.807) is 0 Å². The Kier molecular flexibility index (Phi) is 9.72. The molecule has 0 bridgehead atoms. The average molecular weight is 603 g/mol. The van der Waals surface area contributed by atoms with Crippen LogP contribution in [0.1, 0.15) is 46.7 Å². The van der Waals surface area contributed by atoms with Crippen LogP contribution in [-0.2, 0) is 35.3 Å². The maximum Gasteiger partial charge on any atom is 0.226 e. The fraction of sp³-hybridized carbons (Fsp3) is 0.333. The van der Waals surface area contributed by atoms with E-state index >= 15 is 0 Å². The minimum atomic E-state index is -0.886. The zero-order valence-corrected chi connectivity index (χ0v) is 25.5. The molecule has 1 aliphatic heterocycles. The summed E-state index contributed by atoms with van der Waals surface area (Å²) in [6.45, 7) is 0.176. The fourth-order valence-electron chi connectivity index (χ4n) is 7.19. The smallest absolute Gasteiger partial charge is 0.226 e. The third kappa shape index (κ3) is 7.52. The number of fused-ring (bicyclic) bond motifs is 1. The predicted molar refractivity (Wildman–Crippen MR) is 175 cm³/mol. The number of carbonyl (C=O) groups excluding carboxylic acids is 2. The van der Waals surface area contributed by atoms with E-state index < -0.39 is 24.2 Å². The van der Waals surface area contributed by atoms with Crippen LogP contribution in [0.4, 0.5) is 0 Å². The van der Waals surface area contributed by atoms with Crippen molar-refractivity contribution in [3.8, 4) is 0 Å². The Morgan fingerprint density at radius 1 is 0.800 bits per heavy atom. The minimum Gasteiger partial charge on any atom is -0.391 e. The number of amides is 2. The lowest BCUT2D eigenvalue weighted by Crippen LogP contribution is -2.43. The van der Waals surface area contributed by atoms with E-state index in [-0.39, 0.29) is 36.7 Å². The van der Waals surface area contributed by atoms with Crippen LogP contribution in [-0.4, -0.2) is 51.7 Å². The van der Waals surface area contributed by atoms with Crippen LogP contribution in [0.15, 0.2) is 115 Å². The molecule has 0 saturated carbocycles. The molecule has 2 aliphatic rings. The lowest BCUT2D eigenvalue weighted by Gasteiger charge is -2.29. The molecular weight excluding hydrogens is 560 g/mol. The summed E-state index contributed by atoms with van der Waals surface area (Å²) in [5.41, 5.74) is 5.27. The first-order valence-electron chi connectivity index (χ1n) is 16.1. The Morgan fingerprint density at radius 3 is 2.04 bits per heavy atom. The number of carbonyl (C=O) groups is 2. The van der Waals surface area contributed by atoms with Crippen LogP contribution in [0.2, 0.25) is 0 Å². The largest absolute Gasteiger partial charge is 0.391 e.